The number of nitrogens with one attached hydrogen (secondary N) is 1. The minimum Gasteiger partial charge on any atom is -0.390 e. The van der Waals surface area contributed by atoms with Crippen molar-refractivity contribution < 1.29 is 134 Å². The van der Waals surface area contributed by atoms with E-state index in [-0.39, 0.29) is 213 Å². The summed E-state index contributed by atoms with van der Waals surface area (Å²) in [4.78, 5) is 239. The molecule has 2 atom stereocenters. The Morgan fingerprint density at radius 2 is 0.617 bits per heavy atom. The van der Waals surface area contributed by atoms with Crippen LogP contribution in [-0.4, -0.2) is 501 Å². The summed E-state index contributed by atoms with van der Waals surface area (Å²) < 4.78 is 58.5. The first-order valence-corrected chi connectivity index (χ1v) is 44.6. The molecule has 1 heterocycles. The maximum Gasteiger partial charge on any atom is 0.242 e. The first-order valence-electron chi connectivity index (χ1n) is 43.5. The van der Waals surface area contributed by atoms with Crippen molar-refractivity contribution in [1.82, 2.24) is 69.0 Å². The van der Waals surface area contributed by atoms with Crippen molar-refractivity contribution in [3.05, 3.63) is 0 Å². The minimum atomic E-state index is -0.805. The summed E-state index contributed by atoms with van der Waals surface area (Å²) in [5.74, 6) is -9.31. The van der Waals surface area contributed by atoms with Crippen LogP contribution in [0.15, 0.2) is 0 Å². The van der Waals surface area contributed by atoms with E-state index >= 15 is 0 Å². The summed E-state index contributed by atoms with van der Waals surface area (Å²) in [7, 11) is 13.9. The molecular formula is C84H151N15O28S. The molecule has 0 aromatic carbocycles. The number of amides is 16. The predicted octanol–water partition coefficient (Wildman–Crippen LogP) is -3.07. The van der Waals surface area contributed by atoms with Crippen LogP contribution in [0.5, 0.6) is 0 Å². The number of primary amides is 1. The maximum atomic E-state index is 14.7. The molecule has 0 bridgehead atoms. The molecule has 0 spiro atoms. The van der Waals surface area contributed by atoms with Crippen LogP contribution in [0.25, 0.3) is 0 Å². The fourth-order valence-electron chi connectivity index (χ4n) is 12.4. The topological polar surface area (TPSA) is 475 Å². The lowest BCUT2D eigenvalue weighted by Crippen LogP contribution is -2.54. The zero-order valence-corrected chi connectivity index (χ0v) is 79.7. The van der Waals surface area contributed by atoms with E-state index in [0.29, 0.717) is 44.6 Å². The van der Waals surface area contributed by atoms with Crippen molar-refractivity contribution >= 4 is 106 Å². The molecule has 43 nitrogen and oxygen atoms in total. The molecule has 1 fully saturated rings. The Morgan fingerprint density at radius 3 is 0.867 bits per heavy atom. The van der Waals surface area contributed by atoms with E-state index in [2.05, 4.69) is 5.32 Å². The predicted molar refractivity (Wildman–Crippen MR) is 471 cm³/mol. The molecule has 736 valence electrons. The van der Waals surface area contributed by atoms with Gasteiger partial charge in [-0.25, -0.2) is 0 Å². The van der Waals surface area contributed by atoms with Crippen molar-refractivity contribution in [3.63, 3.8) is 0 Å². The molecule has 128 heavy (non-hydrogen) atoms. The van der Waals surface area contributed by atoms with Gasteiger partial charge in [-0.2, -0.15) is 0 Å². The molecule has 4 N–H and O–H groups in total. The van der Waals surface area contributed by atoms with Crippen LogP contribution < -0.4 is 11.1 Å². The SMILES string of the molecule is COCCN(CC(N)=O)C(=O)CN(CCOC)C(=O)CN(CCOC)C(=O)CN(CCC(C)C)C(=O)CN(CCOC)C(=O)CN(CCOC)C(=O)CN(CCOC)C(=O)CN(CCOC)C(=O)CN(CCOC)C(=O)CN(CCC(C)C)C(=O)CN(CCOC)C(=O)CN(CCOC)C(=O)CCCCCNC(=O)CCN1C(=O)CC(SCC(O)COCC(C)C)C1=O. The van der Waals surface area contributed by atoms with E-state index in [4.69, 9.17) is 57.8 Å². The van der Waals surface area contributed by atoms with Crippen LogP contribution in [0.3, 0.4) is 0 Å². The largest absolute Gasteiger partial charge is 0.390 e. The zero-order chi connectivity index (χ0) is 96.1. The number of aliphatic hydroxyl groups is 1. The third-order valence-corrected chi connectivity index (χ3v) is 21.5. The first kappa shape index (κ1) is 118. The second-order valence-electron chi connectivity index (χ2n) is 31.9. The van der Waals surface area contributed by atoms with Gasteiger partial charge in [0.15, 0.2) is 0 Å². The van der Waals surface area contributed by atoms with E-state index in [9.17, 15) is 81.8 Å². The van der Waals surface area contributed by atoms with Gasteiger partial charge >= 0.3 is 0 Å². The normalized spacial score (nSPS) is 12.8. The fourth-order valence-corrected chi connectivity index (χ4v) is 13.5. The van der Waals surface area contributed by atoms with Gasteiger partial charge < -0.3 is 127 Å². The Kier molecular flexibility index (Phi) is 63.9. The number of aliphatic hydroxyl groups excluding tert-OH is 1. The molecule has 44 heteroatoms. The van der Waals surface area contributed by atoms with Crippen LogP contribution in [-0.2, 0) is 129 Å². The highest BCUT2D eigenvalue weighted by Gasteiger charge is 2.40. The van der Waals surface area contributed by atoms with Crippen LogP contribution in [0.2, 0.25) is 0 Å². The highest BCUT2D eigenvalue weighted by atomic mass is 32.2. The Bertz CT molecular complexity index is 3340. The number of nitrogens with two attached hydrogens (primary N) is 1. The molecule has 0 radical (unpaired) electrons. The maximum absolute atomic E-state index is 14.7. The Labute approximate surface area is 760 Å². The van der Waals surface area contributed by atoms with Gasteiger partial charge in [-0.3, -0.25) is 81.6 Å². The molecule has 1 rings (SSSR count). The molecular weight excluding hydrogens is 1700 g/mol. The number of likely N-dealkylation sites (tertiary alicyclic amines) is 1. The Balaban J connectivity index is 3.46. The molecule has 0 aromatic heterocycles. The van der Waals surface area contributed by atoms with Gasteiger partial charge in [-0.05, 0) is 43.4 Å². The summed E-state index contributed by atoms with van der Waals surface area (Å²) >= 11 is 1.18. The van der Waals surface area contributed by atoms with Crippen molar-refractivity contribution in [3.8, 4) is 0 Å². The molecule has 0 aromatic rings. The third kappa shape index (κ3) is 50.1. The lowest BCUT2D eigenvalue weighted by atomic mass is 10.1. The first-order chi connectivity index (χ1) is 61.0. The van der Waals surface area contributed by atoms with E-state index in [0.717, 1.165) is 29.4 Å². The number of carbonyl (C=O) groups is 16. The second-order valence-corrected chi connectivity index (χ2v) is 33.2. The molecule has 1 aliphatic heterocycles. The number of thioether (sulfide) groups is 1. The highest BCUT2D eigenvalue weighted by molar-refractivity contribution is 8.00. The summed E-state index contributed by atoms with van der Waals surface area (Å²) in [6.07, 6.45) is 1.31. The second kappa shape index (κ2) is 69.5. The lowest BCUT2D eigenvalue weighted by Gasteiger charge is -2.33. The van der Waals surface area contributed by atoms with Gasteiger partial charge in [0.1, 0.15) is 0 Å². The molecule has 2 unspecified atom stereocenters. The standard InChI is InChI=1S/C84H151N15O28S/c1-64(2)21-25-87(73(105)53-91(30-40-119-9)78(110)52-90(29-39-118-8)71(103)20-18-17-19-24-86-70(102)23-27-99-72(104)48-68(84(99)116)128-63-67(100)62-127-61-66(5)6)50-77(109)95(34-44-123-13)57-81(113)97(36-46-125-15)59-83(115)98(37-47-126-16)60-82(114)96(35-45-124-14)58-79(111)92(31-41-120-10)54-74(106)88(26-22-65(3)4)51-76(108)94(33-43-122-12)56-80(112)93(32-42-121-11)55-75(107)89(28-38-117-7)49-69(85)101/h64-68,100H,17-63H2,1-16H3,(H2,85,101)(H,86,102). The van der Waals surface area contributed by atoms with Gasteiger partial charge in [0.2, 0.25) is 94.5 Å². The summed E-state index contributed by atoms with van der Waals surface area (Å²) in [6, 6.07) is 0. The zero-order valence-electron chi connectivity index (χ0n) is 78.9. The quantitative estimate of drug-likeness (QED) is 0.0402. The number of hydrogen-bond donors (Lipinski definition) is 3. The van der Waals surface area contributed by atoms with E-state index in [1.165, 1.54) is 117 Å². The average molecular weight is 1850 g/mol. The Morgan fingerprint density at radius 1 is 0.359 bits per heavy atom. The van der Waals surface area contributed by atoms with Gasteiger partial charge in [-0.15, -0.1) is 11.8 Å². The molecule has 1 aliphatic rings. The minimum absolute atomic E-state index is 0.00309. The van der Waals surface area contributed by atoms with Crippen LogP contribution in [0, 0.1) is 17.8 Å². The van der Waals surface area contributed by atoms with Crippen molar-refractivity contribution in [1.29, 1.82) is 0 Å². The number of carbonyl (C=O) groups excluding carboxylic acids is 16. The van der Waals surface area contributed by atoms with Crippen molar-refractivity contribution in [2.75, 3.05) is 326 Å². The van der Waals surface area contributed by atoms with E-state index < -0.39 is 173 Å². The van der Waals surface area contributed by atoms with Crippen molar-refractivity contribution in [2.24, 2.45) is 23.5 Å². The summed E-state index contributed by atoms with van der Waals surface area (Å²) in [6.45, 7) is 4.26. The smallest absolute Gasteiger partial charge is 0.242 e. The van der Waals surface area contributed by atoms with Gasteiger partial charge in [0.25, 0.3) is 0 Å². The number of hydrogen-bond acceptors (Lipinski definition) is 29. The number of unbranched alkanes of at least 4 members (excludes halogenated alkanes) is 2. The van der Waals surface area contributed by atoms with Crippen LogP contribution in [0.1, 0.15) is 92.9 Å². The summed E-state index contributed by atoms with van der Waals surface area (Å²) in [5.41, 5.74) is 5.42. The van der Waals surface area contributed by atoms with Crippen LogP contribution in [0.4, 0.5) is 0 Å². The van der Waals surface area contributed by atoms with E-state index in [1.807, 2.05) is 41.5 Å². The third-order valence-electron chi connectivity index (χ3n) is 20.2. The number of ether oxygens (including phenoxy) is 11. The van der Waals surface area contributed by atoms with Gasteiger partial charge in [0.05, 0.1) is 163 Å². The lowest BCUT2D eigenvalue weighted by molar-refractivity contribution is -0.150. The monoisotopic (exact) mass is 1850 g/mol. The summed E-state index contributed by atoms with van der Waals surface area (Å²) in [5, 5.41) is 12.4. The molecule has 1 saturated heterocycles. The average Bonchev–Trinajstić information content (AvgIpc) is 1.67. The fraction of sp³-hybridized carbons (Fsp3) is 0.810. The number of imide groups is 1. The highest BCUT2D eigenvalue weighted by Crippen LogP contribution is 2.26. The van der Waals surface area contributed by atoms with Gasteiger partial charge in [-0.1, -0.05) is 48.0 Å². The molecule has 0 saturated carbocycles. The number of methoxy groups -OCH3 is 10. The number of nitrogens with zero attached hydrogens (tertiary/aromatic N) is 13. The number of rotatable bonds is 76. The Hall–Kier alpha value is -8.41. The van der Waals surface area contributed by atoms with Crippen LogP contribution >= 0.6 is 11.8 Å². The van der Waals surface area contributed by atoms with Gasteiger partial charge in [0, 0.05) is 194 Å². The van der Waals surface area contributed by atoms with E-state index in [1.54, 1.807) is 0 Å². The molecule has 0 aliphatic carbocycles. The molecule has 16 amide bonds. The van der Waals surface area contributed by atoms with Crippen molar-refractivity contribution in [2.45, 2.75) is 104 Å².